The fourth-order valence-electron chi connectivity index (χ4n) is 1.34. The quantitative estimate of drug-likeness (QED) is 0.505. The van der Waals surface area contributed by atoms with Crippen LogP contribution in [0.1, 0.15) is 5.56 Å². The van der Waals surface area contributed by atoms with Crippen LogP contribution in [0.5, 0.6) is 5.75 Å². The molecule has 0 aliphatic carbocycles. The van der Waals surface area contributed by atoms with Crippen LogP contribution in [0.4, 0.5) is 0 Å². The first-order valence-electron chi connectivity index (χ1n) is 4.20. The van der Waals surface area contributed by atoms with Gasteiger partial charge in [-0.3, -0.25) is 4.79 Å². The van der Waals surface area contributed by atoms with E-state index in [1.165, 1.54) is 0 Å². The van der Waals surface area contributed by atoms with Crippen LogP contribution in [0.25, 0.3) is 5.70 Å². The minimum absolute atomic E-state index is 0.139. The minimum Gasteiger partial charge on any atom is -0.381 e. The number of carbonyl (C=O) groups excluding carboxylic acids is 1. The number of nitrogens with two attached hydrogens (primary N) is 1. The first-order valence-corrected chi connectivity index (χ1v) is 4.20. The molecule has 0 saturated heterocycles. The average Bonchev–Trinajstić information content (AvgIpc) is 2.63. The molecule has 1 aliphatic heterocycles. The molecular weight excluding hydrogens is 194 g/mol. The Morgan fingerprint density at radius 2 is 2.20 bits per heavy atom. The van der Waals surface area contributed by atoms with Gasteiger partial charge in [0.25, 0.3) is 5.91 Å². The van der Waals surface area contributed by atoms with Crippen molar-refractivity contribution in [2.45, 2.75) is 0 Å². The second kappa shape index (κ2) is 3.35. The zero-order chi connectivity index (χ0) is 10.8. The van der Waals surface area contributed by atoms with Crippen LogP contribution in [-0.4, -0.2) is 5.91 Å². The molecule has 74 valence electrons. The van der Waals surface area contributed by atoms with Crippen LogP contribution in [0.15, 0.2) is 29.8 Å². The highest BCUT2D eigenvalue weighted by Gasteiger charge is 2.23. The monoisotopic (exact) mass is 201 g/mol. The molecular formula is C10H7N3O2. The van der Waals surface area contributed by atoms with E-state index < -0.39 is 5.91 Å². The molecule has 0 radical (unpaired) electrons. The number of para-hydroxylation sites is 1. The SMILES string of the molecule is N#CC(C(N)=O)=C1NOc2ccccc21. The van der Waals surface area contributed by atoms with E-state index in [4.69, 9.17) is 15.8 Å². The summed E-state index contributed by atoms with van der Waals surface area (Å²) >= 11 is 0. The summed E-state index contributed by atoms with van der Waals surface area (Å²) in [7, 11) is 0. The van der Waals surface area contributed by atoms with Gasteiger partial charge in [-0.25, -0.2) is 5.48 Å². The van der Waals surface area contributed by atoms with Gasteiger partial charge < -0.3 is 10.6 Å². The van der Waals surface area contributed by atoms with Crippen molar-refractivity contribution in [1.29, 1.82) is 5.26 Å². The molecule has 0 fully saturated rings. The van der Waals surface area contributed by atoms with E-state index in [-0.39, 0.29) is 5.57 Å². The number of nitrogens with zero attached hydrogens (tertiary/aromatic N) is 1. The first kappa shape index (κ1) is 9.09. The molecule has 2 rings (SSSR count). The first-order chi connectivity index (χ1) is 7.24. The molecule has 1 amide bonds. The molecule has 3 N–H and O–H groups in total. The molecule has 5 nitrogen and oxygen atoms in total. The van der Waals surface area contributed by atoms with E-state index in [1.807, 2.05) is 0 Å². The third-order valence-corrected chi connectivity index (χ3v) is 2.03. The number of benzene rings is 1. The Hall–Kier alpha value is -2.48. The van der Waals surface area contributed by atoms with Gasteiger partial charge in [0, 0.05) is 5.56 Å². The van der Waals surface area contributed by atoms with E-state index in [0.717, 1.165) is 0 Å². The number of fused-ring (bicyclic) bond motifs is 1. The number of hydrogen-bond acceptors (Lipinski definition) is 4. The second-order valence-corrected chi connectivity index (χ2v) is 2.93. The van der Waals surface area contributed by atoms with Gasteiger partial charge in [0.05, 0.1) is 0 Å². The molecule has 0 bridgehead atoms. The molecule has 5 heteroatoms. The zero-order valence-corrected chi connectivity index (χ0v) is 7.65. The molecule has 1 aliphatic rings. The Kier molecular flexibility index (Phi) is 2.03. The highest BCUT2D eigenvalue weighted by Crippen LogP contribution is 2.31. The Morgan fingerprint density at radius 1 is 1.47 bits per heavy atom. The molecule has 15 heavy (non-hydrogen) atoms. The number of carbonyl (C=O) groups is 1. The Morgan fingerprint density at radius 3 is 2.87 bits per heavy atom. The molecule has 1 aromatic carbocycles. The van der Waals surface area contributed by atoms with Crippen LogP contribution in [-0.2, 0) is 4.79 Å². The maximum absolute atomic E-state index is 11.0. The Labute approximate surface area is 85.7 Å². The van der Waals surface area contributed by atoms with E-state index in [0.29, 0.717) is 17.0 Å². The van der Waals surface area contributed by atoms with Crippen molar-refractivity contribution in [3.8, 4) is 11.8 Å². The molecule has 0 aromatic heterocycles. The number of nitriles is 1. The highest BCUT2D eigenvalue weighted by molar-refractivity contribution is 6.04. The lowest BCUT2D eigenvalue weighted by atomic mass is 10.1. The number of nitrogens with one attached hydrogen (secondary N) is 1. The number of rotatable bonds is 1. The van der Waals surface area contributed by atoms with Gasteiger partial charge in [0.2, 0.25) is 0 Å². The number of hydrogen-bond donors (Lipinski definition) is 2. The van der Waals surface area contributed by atoms with E-state index in [9.17, 15) is 4.79 Å². The van der Waals surface area contributed by atoms with Crippen molar-refractivity contribution in [3.63, 3.8) is 0 Å². The van der Waals surface area contributed by atoms with Gasteiger partial charge in [-0.2, -0.15) is 5.26 Å². The predicted octanol–water partition coefficient (Wildman–Crippen LogP) is 0.304. The summed E-state index contributed by atoms with van der Waals surface area (Å²) in [5, 5.41) is 8.78. The molecule has 0 saturated carbocycles. The summed E-state index contributed by atoms with van der Waals surface area (Å²) in [6, 6.07) is 8.79. The summed E-state index contributed by atoms with van der Waals surface area (Å²) in [4.78, 5) is 16.1. The maximum atomic E-state index is 11.0. The van der Waals surface area contributed by atoms with Gasteiger partial charge in [0.1, 0.15) is 17.3 Å². The van der Waals surface area contributed by atoms with Crippen LogP contribution in [0.3, 0.4) is 0 Å². The highest BCUT2D eigenvalue weighted by atomic mass is 16.7. The summed E-state index contributed by atoms with van der Waals surface area (Å²) in [5.74, 6) is -0.207. The van der Waals surface area contributed by atoms with Crippen LogP contribution in [0, 0.1) is 11.3 Å². The lowest BCUT2D eigenvalue weighted by Gasteiger charge is -1.98. The van der Waals surface area contributed by atoms with Gasteiger partial charge in [-0.05, 0) is 12.1 Å². The van der Waals surface area contributed by atoms with E-state index >= 15 is 0 Å². The fraction of sp³-hybridized carbons (Fsp3) is 0. The lowest BCUT2D eigenvalue weighted by Crippen LogP contribution is -2.19. The second-order valence-electron chi connectivity index (χ2n) is 2.93. The van der Waals surface area contributed by atoms with Crippen molar-refractivity contribution in [2.24, 2.45) is 5.73 Å². The molecule has 0 atom stereocenters. The summed E-state index contributed by atoms with van der Waals surface area (Å²) in [5.41, 5.74) is 8.42. The van der Waals surface area contributed by atoms with Crippen molar-refractivity contribution in [2.75, 3.05) is 0 Å². The van der Waals surface area contributed by atoms with E-state index in [2.05, 4.69) is 5.48 Å². The van der Waals surface area contributed by atoms with E-state index in [1.54, 1.807) is 30.3 Å². The van der Waals surface area contributed by atoms with Crippen molar-refractivity contribution < 1.29 is 9.63 Å². The normalized spacial score (nSPS) is 15.7. The van der Waals surface area contributed by atoms with Crippen molar-refractivity contribution in [3.05, 3.63) is 35.4 Å². The third-order valence-electron chi connectivity index (χ3n) is 2.03. The Bertz CT molecular complexity index is 500. The van der Waals surface area contributed by atoms with Crippen molar-refractivity contribution >= 4 is 11.6 Å². The fourth-order valence-corrected chi connectivity index (χ4v) is 1.34. The summed E-state index contributed by atoms with van der Waals surface area (Å²) in [6.45, 7) is 0. The zero-order valence-electron chi connectivity index (χ0n) is 7.65. The van der Waals surface area contributed by atoms with Crippen LogP contribution in [0.2, 0.25) is 0 Å². The van der Waals surface area contributed by atoms with Gasteiger partial charge in [-0.1, -0.05) is 12.1 Å². The predicted molar refractivity (Wildman–Crippen MR) is 51.9 cm³/mol. The van der Waals surface area contributed by atoms with Crippen LogP contribution < -0.4 is 16.1 Å². The molecule has 1 heterocycles. The summed E-state index contributed by atoms with van der Waals surface area (Å²) in [6.07, 6.45) is 0. The molecule has 0 spiro atoms. The smallest absolute Gasteiger partial charge is 0.261 e. The number of hydroxylamine groups is 1. The topological polar surface area (TPSA) is 88.1 Å². The standard InChI is InChI=1S/C10H7N3O2/c11-5-7(10(12)14)9-6-3-1-2-4-8(6)15-13-9/h1-4,13H,(H2,12,14). The number of amides is 1. The summed E-state index contributed by atoms with van der Waals surface area (Å²) < 4.78 is 0. The van der Waals surface area contributed by atoms with Crippen molar-refractivity contribution in [1.82, 2.24) is 5.48 Å². The maximum Gasteiger partial charge on any atom is 0.261 e. The van der Waals surface area contributed by atoms with Gasteiger partial charge in [0.15, 0.2) is 5.75 Å². The molecule has 1 aromatic rings. The average molecular weight is 201 g/mol. The molecule has 0 unspecified atom stereocenters. The number of primary amides is 1. The third kappa shape index (κ3) is 1.38. The largest absolute Gasteiger partial charge is 0.381 e. The van der Waals surface area contributed by atoms with Gasteiger partial charge in [-0.15, -0.1) is 0 Å². The minimum atomic E-state index is -0.777. The Balaban J connectivity index is 2.61. The lowest BCUT2D eigenvalue weighted by molar-refractivity contribution is -0.114. The van der Waals surface area contributed by atoms with Gasteiger partial charge >= 0.3 is 0 Å². The van der Waals surface area contributed by atoms with Crippen LogP contribution >= 0.6 is 0 Å².